The van der Waals surface area contributed by atoms with E-state index in [-0.39, 0.29) is 0 Å². The van der Waals surface area contributed by atoms with E-state index in [4.69, 9.17) is 16.2 Å². The smallest absolute Gasteiger partial charge is 0.284 e. The summed E-state index contributed by atoms with van der Waals surface area (Å²) >= 11 is 7.61. The maximum Gasteiger partial charge on any atom is 0.294 e. The molecule has 0 aromatic rings. The van der Waals surface area contributed by atoms with Gasteiger partial charge in [-0.2, -0.15) is 8.42 Å². The molecule has 0 saturated heterocycles. The zero-order valence-electron chi connectivity index (χ0n) is 3.93. The first-order valence-corrected chi connectivity index (χ1v) is 4.21. The molecule has 0 saturated carbocycles. The van der Waals surface area contributed by atoms with Crippen LogP contribution in [0.5, 0.6) is 0 Å². The first-order valence-electron chi connectivity index (χ1n) is 1.60. The standard InChI is InChI=1S/C2H4BrClO3S/c1-2(3,4)8(5,6)7/h1H3,(H,5,6,7). The average molecular weight is 223 g/mol. The monoisotopic (exact) mass is 222 g/mol. The van der Waals surface area contributed by atoms with E-state index in [1.54, 1.807) is 0 Å². The largest absolute Gasteiger partial charge is 0.294 e. The van der Waals surface area contributed by atoms with Crippen LogP contribution in [0.25, 0.3) is 0 Å². The van der Waals surface area contributed by atoms with E-state index in [1.165, 1.54) is 0 Å². The molecule has 0 radical (unpaired) electrons. The third kappa shape index (κ3) is 2.30. The van der Waals surface area contributed by atoms with E-state index in [2.05, 4.69) is 15.9 Å². The average Bonchev–Trinajstić information content (AvgIpc) is 1.25. The van der Waals surface area contributed by atoms with Crippen LogP contribution in [0.1, 0.15) is 6.92 Å². The molecule has 8 heavy (non-hydrogen) atoms. The van der Waals surface area contributed by atoms with Crippen LogP contribution in [-0.2, 0) is 10.1 Å². The van der Waals surface area contributed by atoms with Crippen LogP contribution in [0.4, 0.5) is 0 Å². The summed E-state index contributed by atoms with van der Waals surface area (Å²) in [6, 6.07) is 0. The van der Waals surface area contributed by atoms with Gasteiger partial charge < -0.3 is 0 Å². The lowest BCUT2D eigenvalue weighted by Gasteiger charge is -2.06. The molecule has 0 rings (SSSR count). The molecule has 0 amide bonds. The summed E-state index contributed by atoms with van der Waals surface area (Å²) in [6.07, 6.45) is 0. The predicted molar refractivity (Wildman–Crippen MR) is 34.7 cm³/mol. The normalized spacial score (nSPS) is 20.0. The van der Waals surface area contributed by atoms with Gasteiger partial charge in [0.1, 0.15) is 0 Å². The van der Waals surface area contributed by atoms with Crippen molar-refractivity contribution in [2.75, 3.05) is 0 Å². The van der Waals surface area contributed by atoms with Gasteiger partial charge in [-0.1, -0.05) is 11.6 Å². The summed E-state index contributed by atoms with van der Waals surface area (Å²) in [6.45, 7) is 1.11. The second kappa shape index (κ2) is 2.13. The highest BCUT2D eigenvalue weighted by molar-refractivity contribution is 9.12. The summed E-state index contributed by atoms with van der Waals surface area (Å²) < 4.78 is 26.5. The number of hydrogen-bond donors (Lipinski definition) is 1. The first kappa shape index (κ1) is 8.68. The fraction of sp³-hybridized carbons (Fsp3) is 1.00. The Morgan fingerprint density at radius 2 is 1.88 bits per heavy atom. The van der Waals surface area contributed by atoms with Crippen molar-refractivity contribution in [1.29, 1.82) is 0 Å². The number of halogens is 2. The molecule has 1 atom stereocenters. The molecule has 0 fully saturated rings. The molecular formula is C2H4BrClO3S. The summed E-state index contributed by atoms with van der Waals surface area (Å²) in [5.74, 6) is 0. The van der Waals surface area contributed by atoms with Crippen molar-refractivity contribution in [2.24, 2.45) is 0 Å². The van der Waals surface area contributed by atoms with Crippen LogP contribution in [0.3, 0.4) is 0 Å². The molecule has 6 heteroatoms. The van der Waals surface area contributed by atoms with Gasteiger partial charge in [-0.05, 0) is 22.9 Å². The van der Waals surface area contributed by atoms with Crippen LogP contribution in [0.2, 0.25) is 0 Å². The van der Waals surface area contributed by atoms with Gasteiger partial charge in [0.15, 0.2) is 0 Å². The topological polar surface area (TPSA) is 54.4 Å². The van der Waals surface area contributed by atoms with Crippen LogP contribution in [0, 0.1) is 0 Å². The Morgan fingerprint density at radius 1 is 1.75 bits per heavy atom. The Labute approximate surface area is 60.9 Å². The Morgan fingerprint density at radius 3 is 1.88 bits per heavy atom. The van der Waals surface area contributed by atoms with E-state index >= 15 is 0 Å². The minimum atomic E-state index is -4.16. The first-order chi connectivity index (χ1) is 3.25. The highest BCUT2D eigenvalue weighted by Gasteiger charge is 2.31. The number of rotatable bonds is 1. The fourth-order valence-electron chi connectivity index (χ4n) is 0. The molecule has 0 aliphatic heterocycles. The highest BCUT2D eigenvalue weighted by atomic mass is 79.9. The fourth-order valence-corrected chi connectivity index (χ4v) is 0. The van der Waals surface area contributed by atoms with Gasteiger partial charge in [-0.3, -0.25) is 4.55 Å². The van der Waals surface area contributed by atoms with Gasteiger partial charge in [0, 0.05) is 0 Å². The van der Waals surface area contributed by atoms with Crippen molar-refractivity contribution in [2.45, 2.75) is 10.0 Å². The molecular weight excluding hydrogens is 219 g/mol. The molecule has 1 N–H and O–H groups in total. The molecule has 0 aromatic heterocycles. The van der Waals surface area contributed by atoms with Crippen molar-refractivity contribution < 1.29 is 13.0 Å². The van der Waals surface area contributed by atoms with Gasteiger partial charge in [-0.15, -0.1) is 0 Å². The SMILES string of the molecule is CC(Cl)(Br)S(=O)(=O)O. The molecule has 3 nitrogen and oxygen atoms in total. The van der Waals surface area contributed by atoms with Crippen molar-refractivity contribution >= 4 is 37.6 Å². The van der Waals surface area contributed by atoms with E-state index in [9.17, 15) is 8.42 Å². The Bertz CT molecular complexity index is 166. The zero-order valence-corrected chi connectivity index (χ0v) is 7.09. The molecule has 0 heterocycles. The van der Waals surface area contributed by atoms with E-state index < -0.39 is 13.2 Å². The third-order valence-electron chi connectivity index (χ3n) is 0.453. The van der Waals surface area contributed by atoms with Gasteiger partial charge in [0.2, 0.25) is 3.12 Å². The molecule has 0 aromatic carbocycles. The van der Waals surface area contributed by atoms with E-state index in [1.807, 2.05) is 0 Å². The maximum atomic E-state index is 10.0. The number of alkyl halides is 2. The summed E-state index contributed by atoms with van der Waals surface area (Å²) in [5.41, 5.74) is 0. The van der Waals surface area contributed by atoms with Gasteiger partial charge >= 0.3 is 0 Å². The molecule has 0 spiro atoms. The highest BCUT2D eigenvalue weighted by Crippen LogP contribution is 2.27. The molecule has 50 valence electrons. The summed E-state index contributed by atoms with van der Waals surface area (Å²) in [7, 11) is -4.16. The lowest BCUT2D eigenvalue weighted by atomic mass is 11.0. The second-order valence-corrected chi connectivity index (χ2v) is 6.60. The molecule has 0 aliphatic carbocycles. The van der Waals surface area contributed by atoms with Crippen LogP contribution in [0.15, 0.2) is 0 Å². The van der Waals surface area contributed by atoms with Crippen LogP contribution < -0.4 is 0 Å². The van der Waals surface area contributed by atoms with E-state index in [0.717, 1.165) is 6.92 Å². The summed E-state index contributed by atoms with van der Waals surface area (Å²) in [5, 5.41) is 0. The zero-order chi connectivity index (χ0) is 7.00. The van der Waals surface area contributed by atoms with Crippen molar-refractivity contribution in [1.82, 2.24) is 0 Å². The van der Waals surface area contributed by atoms with Crippen LogP contribution in [-0.4, -0.2) is 16.1 Å². The van der Waals surface area contributed by atoms with E-state index in [0.29, 0.717) is 0 Å². The molecule has 1 unspecified atom stereocenters. The van der Waals surface area contributed by atoms with Gasteiger partial charge in [-0.25, -0.2) is 0 Å². The molecule has 0 bridgehead atoms. The van der Waals surface area contributed by atoms with Crippen molar-refractivity contribution in [3.05, 3.63) is 0 Å². The van der Waals surface area contributed by atoms with Gasteiger partial charge in [0.05, 0.1) is 0 Å². The Hall–Kier alpha value is 0.680. The maximum absolute atomic E-state index is 10.0. The van der Waals surface area contributed by atoms with Crippen LogP contribution >= 0.6 is 27.5 Å². The summed E-state index contributed by atoms with van der Waals surface area (Å²) in [4.78, 5) is 0. The second-order valence-electron chi connectivity index (χ2n) is 1.28. The minimum absolute atomic E-state index is 1.11. The Balaban J connectivity index is 4.53. The van der Waals surface area contributed by atoms with Gasteiger partial charge in [0.25, 0.3) is 10.1 Å². The predicted octanol–water partition coefficient (Wildman–Crippen LogP) is 1.18. The molecule has 0 aliphatic rings. The van der Waals surface area contributed by atoms with Crippen molar-refractivity contribution in [3.8, 4) is 0 Å². The number of hydrogen-bond acceptors (Lipinski definition) is 2. The third-order valence-corrected chi connectivity index (χ3v) is 3.17. The minimum Gasteiger partial charge on any atom is -0.284 e. The quantitative estimate of drug-likeness (QED) is 0.536. The lowest BCUT2D eigenvalue weighted by Crippen LogP contribution is -2.19. The van der Waals surface area contributed by atoms with Crippen molar-refractivity contribution in [3.63, 3.8) is 0 Å². The lowest BCUT2D eigenvalue weighted by molar-refractivity contribution is 0.478. The Kier molecular flexibility index (Phi) is 2.31.